The predicted octanol–water partition coefficient (Wildman–Crippen LogP) is 4.68. The molecule has 0 saturated heterocycles. The lowest BCUT2D eigenvalue weighted by Crippen LogP contribution is -2.23. The minimum Gasteiger partial charge on any atom is -0.314 e. The smallest absolute Gasteiger partial charge is 0.314 e. The van der Waals surface area contributed by atoms with Gasteiger partial charge in [0.25, 0.3) is 0 Å². The summed E-state index contributed by atoms with van der Waals surface area (Å²) in [5.41, 5.74) is 2.32. The third-order valence-corrected chi connectivity index (χ3v) is 3.45. The van der Waals surface area contributed by atoms with Crippen LogP contribution in [-0.2, 0) is 0 Å². The van der Waals surface area contributed by atoms with Gasteiger partial charge in [0.2, 0.25) is 0 Å². The van der Waals surface area contributed by atoms with Crippen LogP contribution in [0.3, 0.4) is 0 Å². The number of anilines is 1. The largest absolute Gasteiger partial charge is 0.323 e. The number of aromatic nitrogens is 1. The molecule has 0 aliphatic carbocycles. The van der Waals surface area contributed by atoms with Crippen LogP contribution in [0.15, 0.2) is 67.0 Å². The highest BCUT2D eigenvalue weighted by molar-refractivity contribution is 6.30. The first-order valence-corrected chi connectivity index (χ1v) is 7.43. The average molecular weight is 324 g/mol. The maximum absolute atomic E-state index is 12.0. The summed E-state index contributed by atoms with van der Waals surface area (Å²) in [5.74, 6) is 0. The fourth-order valence-corrected chi connectivity index (χ4v) is 2.39. The minimum absolute atomic E-state index is 0.332. The molecule has 0 radical (unpaired) electrons. The second-order valence-corrected chi connectivity index (χ2v) is 5.30. The van der Waals surface area contributed by atoms with Gasteiger partial charge in [0.05, 0.1) is 11.2 Å². The molecule has 5 heteroatoms. The number of pyridine rings is 1. The summed E-state index contributed by atoms with van der Waals surface area (Å²) in [4.78, 5) is 16.3. The second-order valence-electron chi connectivity index (χ2n) is 4.87. The van der Waals surface area contributed by atoms with Crippen molar-refractivity contribution in [3.8, 4) is 0 Å². The van der Waals surface area contributed by atoms with Gasteiger partial charge in [-0.3, -0.25) is 4.98 Å². The molecule has 0 bridgehead atoms. The van der Waals surface area contributed by atoms with Crippen molar-refractivity contribution in [1.29, 1.82) is 0 Å². The number of urea groups is 1. The number of rotatable bonds is 3. The molecule has 0 fully saturated rings. The second kappa shape index (κ2) is 6.94. The summed E-state index contributed by atoms with van der Waals surface area (Å²) in [6.07, 6.45) is 5.04. The number of benzene rings is 2. The zero-order chi connectivity index (χ0) is 16.1. The number of carbonyl (C=O) groups is 1. The first-order chi connectivity index (χ1) is 11.2. The zero-order valence-electron chi connectivity index (χ0n) is 12.2. The van der Waals surface area contributed by atoms with Crippen molar-refractivity contribution in [2.24, 2.45) is 0 Å². The summed E-state index contributed by atoms with van der Waals surface area (Å²) >= 11 is 5.91. The average Bonchev–Trinajstić information content (AvgIpc) is 2.55. The lowest BCUT2D eigenvalue weighted by atomic mass is 10.2. The molecular formula is C18H14ClN3O. The van der Waals surface area contributed by atoms with Crippen molar-refractivity contribution < 1.29 is 4.79 Å². The number of amides is 2. The van der Waals surface area contributed by atoms with Gasteiger partial charge in [0, 0.05) is 22.8 Å². The molecule has 114 valence electrons. The van der Waals surface area contributed by atoms with Gasteiger partial charge in [0.15, 0.2) is 0 Å². The molecule has 3 rings (SSSR count). The number of para-hydroxylation sites is 1. The van der Waals surface area contributed by atoms with Gasteiger partial charge in [-0.25, -0.2) is 4.79 Å². The SMILES string of the molecule is O=C(N/C=C/c1cccc(Cl)c1)Nc1cccc2cccnc12. The molecule has 0 spiro atoms. The molecule has 2 amide bonds. The van der Waals surface area contributed by atoms with E-state index in [0.717, 1.165) is 16.5 Å². The van der Waals surface area contributed by atoms with Gasteiger partial charge in [-0.15, -0.1) is 0 Å². The first-order valence-electron chi connectivity index (χ1n) is 7.06. The molecule has 0 atom stereocenters. The number of nitrogens with one attached hydrogen (secondary N) is 2. The maximum atomic E-state index is 12.0. The summed E-state index contributed by atoms with van der Waals surface area (Å²) in [6, 6.07) is 16.5. The third kappa shape index (κ3) is 3.87. The Morgan fingerprint density at radius 1 is 1.09 bits per heavy atom. The Morgan fingerprint density at radius 3 is 2.78 bits per heavy atom. The van der Waals surface area contributed by atoms with E-state index in [9.17, 15) is 4.79 Å². The number of halogens is 1. The highest BCUT2D eigenvalue weighted by Crippen LogP contribution is 2.20. The van der Waals surface area contributed by atoms with Crippen molar-refractivity contribution >= 4 is 40.3 Å². The standard InChI is InChI=1S/C18H14ClN3O/c19-15-7-1-4-13(12-15)9-11-21-18(23)22-16-8-2-5-14-6-3-10-20-17(14)16/h1-12H,(H2,21,22,23)/b11-9+. The lowest BCUT2D eigenvalue weighted by Gasteiger charge is -2.07. The first kappa shape index (κ1) is 15.1. The van der Waals surface area contributed by atoms with Gasteiger partial charge < -0.3 is 10.6 Å². The molecule has 0 aliphatic heterocycles. The molecule has 0 saturated carbocycles. The van der Waals surface area contributed by atoms with Crippen molar-refractivity contribution in [3.05, 3.63) is 77.6 Å². The number of hydrogen-bond acceptors (Lipinski definition) is 2. The molecule has 2 N–H and O–H groups in total. The van der Waals surface area contributed by atoms with Crippen LogP contribution in [-0.4, -0.2) is 11.0 Å². The van der Waals surface area contributed by atoms with Crippen molar-refractivity contribution in [3.63, 3.8) is 0 Å². The van der Waals surface area contributed by atoms with Crippen molar-refractivity contribution in [2.45, 2.75) is 0 Å². The van der Waals surface area contributed by atoms with Gasteiger partial charge in [-0.1, -0.05) is 41.9 Å². The lowest BCUT2D eigenvalue weighted by molar-refractivity contribution is 0.255. The number of nitrogens with zero attached hydrogens (tertiary/aromatic N) is 1. The van der Waals surface area contributed by atoms with Crippen molar-refractivity contribution in [2.75, 3.05) is 5.32 Å². The van der Waals surface area contributed by atoms with Crippen LogP contribution in [0.5, 0.6) is 0 Å². The van der Waals surface area contributed by atoms with Crippen LogP contribution in [0.4, 0.5) is 10.5 Å². The Bertz CT molecular complexity index is 872. The van der Waals surface area contributed by atoms with E-state index in [1.54, 1.807) is 24.5 Å². The van der Waals surface area contributed by atoms with Crippen LogP contribution < -0.4 is 10.6 Å². The topological polar surface area (TPSA) is 54.0 Å². The summed E-state index contributed by atoms with van der Waals surface area (Å²) in [5, 5.41) is 7.08. The molecule has 2 aromatic carbocycles. The van der Waals surface area contributed by atoms with E-state index in [-0.39, 0.29) is 6.03 Å². The van der Waals surface area contributed by atoms with Crippen LogP contribution in [0.25, 0.3) is 17.0 Å². The summed E-state index contributed by atoms with van der Waals surface area (Å²) in [7, 11) is 0. The Hall–Kier alpha value is -2.85. The number of carbonyl (C=O) groups excluding carboxylic acids is 1. The highest BCUT2D eigenvalue weighted by Gasteiger charge is 2.04. The van der Waals surface area contributed by atoms with E-state index >= 15 is 0 Å². The maximum Gasteiger partial charge on any atom is 0.323 e. The Morgan fingerprint density at radius 2 is 1.91 bits per heavy atom. The minimum atomic E-state index is -0.332. The third-order valence-electron chi connectivity index (χ3n) is 3.22. The molecule has 4 nitrogen and oxygen atoms in total. The molecule has 0 aliphatic rings. The van der Waals surface area contributed by atoms with E-state index in [2.05, 4.69) is 15.6 Å². The Kier molecular flexibility index (Phi) is 4.54. The molecule has 3 aromatic rings. The number of fused-ring (bicyclic) bond motifs is 1. The van der Waals surface area contributed by atoms with E-state index in [0.29, 0.717) is 10.7 Å². The fraction of sp³-hybridized carbons (Fsp3) is 0. The van der Waals surface area contributed by atoms with Crippen LogP contribution in [0.2, 0.25) is 5.02 Å². The van der Waals surface area contributed by atoms with Gasteiger partial charge in [0.1, 0.15) is 0 Å². The van der Waals surface area contributed by atoms with Crippen LogP contribution in [0, 0.1) is 0 Å². The van der Waals surface area contributed by atoms with Crippen LogP contribution >= 0.6 is 11.6 Å². The molecule has 1 heterocycles. The van der Waals surface area contributed by atoms with Gasteiger partial charge in [-0.05, 0) is 35.9 Å². The number of hydrogen-bond donors (Lipinski definition) is 2. The summed E-state index contributed by atoms with van der Waals surface area (Å²) in [6.45, 7) is 0. The fourth-order valence-electron chi connectivity index (χ4n) is 2.19. The van der Waals surface area contributed by atoms with Crippen molar-refractivity contribution in [1.82, 2.24) is 10.3 Å². The van der Waals surface area contributed by atoms with Gasteiger partial charge >= 0.3 is 6.03 Å². The Balaban J connectivity index is 1.67. The van der Waals surface area contributed by atoms with E-state index < -0.39 is 0 Å². The Labute approximate surface area is 138 Å². The highest BCUT2D eigenvalue weighted by atomic mass is 35.5. The monoisotopic (exact) mass is 323 g/mol. The van der Waals surface area contributed by atoms with E-state index in [1.807, 2.05) is 48.5 Å². The molecular weight excluding hydrogens is 310 g/mol. The molecule has 0 unspecified atom stereocenters. The van der Waals surface area contributed by atoms with E-state index in [4.69, 9.17) is 11.6 Å². The van der Waals surface area contributed by atoms with E-state index in [1.165, 1.54) is 0 Å². The quantitative estimate of drug-likeness (QED) is 0.735. The zero-order valence-corrected chi connectivity index (χ0v) is 12.9. The van der Waals surface area contributed by atoms with Gasteiger partial charge in [-0.2, -0.15) is 0 Å². The normalized spacial score (nSPS) is 10.8. The predicted molar refractivity (Wildman–Crippen MR) is 94.4 cm³/mol. The summed E-state index contributed by atoms with van der Waals surface area (Å²) < 4.78 is 0. The van der Waals surface area contributed by atoms with Crippen LogP contribution in [0.1, 0.15) is 5.56 Å². The molecule has 1 aromatic heterocycles. The molecule has 23 heavy (non-hydrogen) atoms.